The van der Waals surface area contributed by atoms with Crippen LogP contribution in [0.4, 0.5) is 5.69 Å². The monoisotopic (exact) mass is 337 g/mol. The van der Waals surface area contributed by atoms with Crippen molar-refractivity contribution in [2.75, 3.05) is 18.4 Å². The van der Waals surface area contributed by atoms with Gasteiger partial charge in [0.15, 0.2) is 0 Å². The summed E-state index contributed by atoms with van der Waals surface area (Å²) in [6.07, 6.45) is 2.51. The maximum atomic E-state index is 12.2. The third kappa shape index (κ3) is 4.43. The largest absolute Gasteiger partial charge is 0.385 e. The Bertz CT molecular complexity index is 772. The van der Waals surface area contributed by atoms with Gasteiger partial charge in [-0.25, -0.2) is 4.98 Å². The normalized spacial score (nSPS) is 10.3. The summed E-state index contributed by atoms with van der Waals surface area (Å²) in [5.41, 5.74) is 2.13. The van der Waals surface area contributed by atoms with E-state index < -0.39 is 0 Å². The summed E-state index contributed by atoms with van der Waals surface area (Å²) in [6.45, 7) is 1.46. The van der Waals surface area contributed by atoms with Crippen LogP contribution in [0.2, 0.25) is 0 Å². The van der Waals surface area contributed by atoms with Crippen LogP contribution in [0.15, 0.2) is 66.9 Å². The topological polar surface area (TPSA) is 54.0 Å². The first-order valence-electron chi connectivity index (χ1n) is 7.91. The van der Waals surface area contributed by atoms with Gasteiger partial charge in [0, 0.05) is 24.3 Å². The molecule has 0 spiro atoms. The molecule has 0 bridgehead atoms. The molecule has 3 rings (SSSR count). The zero-order valence-corrected chi connectivity index (χ0v) is 14.1. The van der Waals surface area contributed by atoms with Crippen molar-refractivity contribution in [1.82, 2.24) is 10.3 Å². The Balaban J connectivity index is 1.43. The summed E-state index contributed by atoms with van der Waals surface area (Å²) in [7, 11) is 0. The molecule has 0 saturated heterocycles. The number of thiazole rings is 1. The highest BCUT2D eigenvalue weighted by Gasteiger charge is 2.10. The zero-order chi connectivity index (χ0) is 16.6. The van der Waals surface area contributed by atoms with E-state index in [9.17, 15) is 4.79 Å². The number of nitrogens with one attached hydrogen (secondary N) is 2. The van der Waals surface area contributed by atoms with Crippen molar-refractivity contribution in [3.63, 3.8) is 0 Å². The van der Waals surface area contributed by atoms with Crippen molar-refractivity contribution >= 4 is 22.9 Å². The second kappa shape index (κ2) is 8.26. The number of hydrogen-bond acceptors (Lipinski definition) is 4. The highest BCUT2D eigenvalue weighted by Crippen LogP contribution is 2.24. The Labute approximate surface area is 145 Å². The lowest BCUT2D eigenvalue weighted by molar-refractivity contribution is 0.0957. The molecule has 0 aliphatic carbocycles. The number of carbonyl (C=O) groups excluding carboxylic acids is 1. The number of amides is 1. The molecule has 122 valence electrons. The average molecular weight is 337 g/mol. The third-order valence-corrected chi connectivity index (χ3v) is 4.54. The standard InChI is InChI=1S/C19H19N3OS/c23-18(21-13-7-12-20-16-10-5-2-6-11-16)17-14-22-19(24-17)15-8-3-1-4-9-15/h1-6,8-11,14,20H,7,12-13H2,(H,21,23). The van der Waals surface area contributed by atoms with Crippen molar-refractivity contribution in [1.29, 1.82) is 0 Å². The molecule has 2 aromatic carbocycles. The minimum absolute atomic E-state index is 0.0607. The molecule has 5 heteroatoms. The van der Waals surface area contributed by atoms with E-state index in [1.54, 1.807) is 6.20 Å². The van der Waals surface area contributed by atoms with E-state index in [1.165, 1.54) is 11.3 Å². The molecule has 4 nitrogen and oxygen atoms in total. The Kier molecular flexibility index (Phi) is 5.58. The Morgan fingerprint density at radius 1 is 0.958 bits per heavy atom. The Hall–Kier alpha value is -2.66. The van der Waals surface area contributed by atoms with Gasteiger partial charge in [-0.3, -0.25) is 4.79 Å². The van der Waals surface area contributed by atoms with Crippen LogP contribution in [0.1, 0.15) is 16.1 Å². The maximum Gasteiger partial charge on any atom is 0.263 e. The third-order valence-electron chi connectivity index (χ3n) is 3.49. The van der Waals surface area contributed by atoms with Gasteiger partial charge < -0.3 is 10.6 Å². The molecule has 0 unspecified atom stereocenters. The molecule has 1 aromatic heterocycles. The first-order valence-corrected chi connectivity index (χ1v) is 8.73. The van der Waals surface area contributed by atoms with E-state index in [4.69, 9.17) is 0 Å². The second-order valence-electron chi connectivity index (χ2n) is 5.30. The van der Waals surface area contributed by atoms with E-state index in [1.807, 2.05) is 60.7 Å². The van der Waals surface area contributed by atoms with E-state index in [0.717, 1.165) is 29.2 Å². The van der Waals surface area contributed by atoms with Crippen LogP contribution in [-0.4, -0.2) is 24.0 Å². The molecule has 0 atom stereocenters. The fraction of sp³-hybridized carbons (Fsp3) is 0.158. The van der Waals surface area contributed by atoms with Gasteiger partial charge in [-0.05, 0) is 18.6 Å². The molecule has 0 radical (unpaired) electrons. The van der Waals surface area contributed by atoms with Crippen LogP contribution in [-0.2, 0) is 0 Å². The van der Waals surface area contributed by atoms with Crippen LogP contribution in [0, 0.1) is 0 Å². The lowest BCUT2D eigenvalue weighted by Crippen LogP contribution is -2.25. The van der Waals surface area contributed by atoms with Gasteiger partial charge >= 0.3 is 0 Å². The summed E-state index contributed by atoms with van der Waals surface area (Å²) in [5, 5.41) is 7.13. The van der Waals surface area contributed by atoms with Gasteiger partial charge in [-0.15, -0.1) is 11.3 Å². The number of aromatic nitrogens is 1. The first-order chi connectivity index (χ1) is 11.8. The summed E-state index contributed by atoms with van der Waals surface area (Å²) in [4.78, 5) is 17.1. The van der Waals surface area contributed by atoms with E-state index in [-0.39, 0.29) is 5.91 Å². The summed E-state index contributed by atoms with van der Waals surface area (Å²) in [5.74, 6) is -0.0607. The predicted molar refractivity (Wildman–Crippen MR) is 99.4 cm³/mol. The summed E-state index contributed by atoms with van der Waals surface area (Å²) >= 11 is 1.42. The molecule has 1 heterocycles. The second-order valence-corrected chi connectivity index (χ2v) is 6.33. The van der Waals surface area contributed by atoms with Crippen molar-refractivity contribution < 1.29 is 4.79 Å². The molecular weight excluding hydrogens is 318 g/mol. The van der Waals surface area contributed by atoms with Gasteiger partial charge in [0.1, 0.15) is 9.88 Å². The molecule has 0 aliphatic rings. The van der Waals surface area contributed by atoms with E-state index in [0.29, 0.717) is 11.4 Å². The number of para-hydroxylation sites is 1. The van der Waals surface area contributed by atoms with Gasteiger partial charge in [0.05, 0.1) is 6.20 Å². The van der Waals surface area contributed by atoms with Gasteiger partial charge in [-0.1, -0.05) is 48.5 Å². The summed E-state index contributed by atoms with van der Waals surface area (Å²) < 4.78 is 0. The van der Waals surface area contributed by atoms with E-state index >= 15 is 0 Å². The molecule has 24 heavy (non-hydrogen) atoms. The van der Waals surface area contributed by atoms with Crippen molar-refractivity contribution in [2.24, 2.45) is 0 Å². The van der Waals surface area contributed by atoms with Gasteiger partial charge in [0.2, 0.25) is 0 Å². The van der Waals surface area contributed by atoms with Crippen LogP contribution < -0.4 is 10.6 Å². The van der Waals surface area contributed by atoms with E-state index in [2.05, 4.69) is 15.6 Å². The lowest BCUT2D eigenvalue weighted by Gasteiger charge is -2.06. The van der Waals surface area contributed by atoms with Crippen molar-refractivity contribution in [3.8, 4) is 10.6 Å². The molecule has 0 fully saturated rings. The minimum Gasteiger partial charge on any atom is -0.385 e. The SMILES string of the molecule is O=C(NCCCNc1ccccc1)c1cnc(-c2ccccc2)s1. The fourth-order valence-corrected chi connectivity index (χ4v) is 3.10. The molecule has 3 aromatic rings. The highest BCUT2D eigenvalue weighted by atomic mass is 32.1. The first kappa shape index (κ1) is 16.2. The van der Waals surface area contributed by atoms with Crippen LogP contribution in [0.3, 0.4) is 0 Å². The number of carbonyl (C=O) groups is 1. The number of benzene rings is 2. The van der Waals surface area contributed by atoms with Crippen molar-refractivity contribution in [3.05, 3.63) is 71.7 Å². The maximum absolute atomic E-state index is 12.2. The minimum atomic E-state index is -0.0607. The summed E-state index contributed by atoms with van der Waals surface area (Å²) in [6, 6.07) is 19.9. The highest BCUT2D eigenvalue weighted by molar-refractivity contribution is 7.16. The average Bonchev–Trinajstić information content (AvgIpc) is 3.13. The van der Waals surface area contributed by atoms with Crippen LogP contribution in [0.25, 0.3) is 10.6 Å². The van der Waals surface area contributed by atoms with Gasteiger partial charge in [0.25, 0.3) is 5.91 Å². The Morgan fingerprint density at radius 2 is 1.67 bits per heavy atom. The number of hydrogen-bond donors (Lipinski definition) is 2. The van der Waals surface area contributed by atoms with Crippen molar-refractivity contribution in [2.45, 2.75) is 6.42 Å². The van der Waals surface area contributed by atoms with Crippen LogP contribution >= 0.6 is 11.3 Å². The number of anilines is 1. The molecule has 1 amide bonds. The molecule has 2 N–H and O–H groups in total. The molecule has 0 saturated carbocycles. The zero-order valence-electron chi connectivity index (χ0n) is 13.2. The fourth-order valence-electron chi connectivity index (χ4n) is 2.26. The smallest absolute Gasteiger partial charge is 0.263 e. The Morgan fingerprint density at radius 3 is 2.42 bits per heavy atom. The number of rotatable bonds is 7. The van der Waals surface area contributed by atoms with Gasteiger partial charge in [-0.2, -0.15) is 0 Å². The number of nitrogens with zero attached hydrogens (tertiary/aromatic N) is 1. The predicted octanol–water partition coefficient (Wildman–Crippen LogP) is 4.04. The lowest BCUT2D eigenvalue weighted by atomic mass is 10.2. The quantitative estimate of drug-likeness (QED) is 0.640. The van der Waals surface area contributed by atoms with Crippen LogP contribution in [0.5, 0.6) is 0 Å². The molecular formula is C19H19N3OS. The molecule has 0 aliphatic heterocycles.